The Labute approximate surface area is 152 Å². The van der Waals surface area contributed by atoms with Gasteiger partial charge in [-0.2, -0.15) is 0 Å². The quantitative estimate of drug-likeness (QED) is 0.738. The first-order valence-corrected chi connectivity index (χ1v) is 9.50. The lowest BCUT2D eigenvalue weighted by atomic mass is 9.94. The number of hydrogen-bond donors (Lipinski definition) is 2. The van der Waals surface area contributed by atoms with Crippen molar-refractivity contribution >= 4 is 16.6 Å². The van der Waals surface area contributed by atoms with Crippen molar-refractivity contribution in [2.75, 3.05) is 6.54 Å². The van der Waals surface area contributed by atoms with Crippen molar-refractivity contribution in [3.63, 3.8) is 0 Å². The van der Waals surface area contributed by atoms with Gasteiger partial charge in [0, 0.05) is 35.9 Å². The number of rotatable bonds is 3. The summed E-state index contributed by atoms with van der Waals surface area (Å²) in [6, 6.07) is 4.78. The van der Waals surface area contributed by atoms with E-state index in [-0.39, 0.29) is 0 Å². The highest BCUT2D eigenvalue weighted by atomic mass is 15.1. The lowest BCUT2D eigenvalue weighted by Crippen LogP contribution is -2.15. The lowest BCUT2D eigenvalue weighted by Gasteiger charge is -2.25. The number of H-pyrrole nitrogens is 1. The fourth-order valence-corrected chi connectivity index (χ4v) is 4.29. The number of dihydropyridines is 1. The number of aromatic amines is 1. The highest BCUT2D eigenvalue weighted by molar-refractivity contribution is 5.95. The average Bonchev–Trinajstić information content (AvgIpc) is 3.36. The molecule has 3 aromatic heterocycles. The fourth-order valence-electron chi connectivity index (χ4n) is 4.29. The number of hydrogen-bond acceptors (Lipinski definition) is 3. The monoisotopic (exact) mass is 345 g/mol. The molecule has 1 fully saturated rings. The van der Waals surface area contributed by atoms with Crippen molar-refractivity contribution in [3.05, 3.63) is 54.9 Å². The van der Waals surface area contributed by atoms with Crippen molar-refractivity contribution in [2.45, 2.75) is 38.1 Å². The largest absolute Gasteiger partial charge is 0.387 e. The summed E-state index contributed by atoms with van der Waals surface area (Å²) in [7, 11) is 0. The lowest BCUT2D eigenvalue weighted by molar-refractivity contribution is 0.355. The Morgan fingerprint density at radius 2 is 2.00 bits per heavy atom. The molecule has 1 saturated carbocycles. The van der Waals surface area contributed by atoms with E-state index < -0.39 is 0 Å². The highest BCUT2D eigenvalue weighted by Gasteiger charge is 2.24. The second-order valence-corrected chi connectivity index (χ2v) is 7.17. The van der Waals surface area contributed by atoms with Gasteiger partial charge in [-0.25, -0.2) is 9.97 Å². The second kappa shape index (κ2) is 6.48. The van der Waals surface area contributed by atoms with Gasteiger partial charge in [-0.05, 0) is 42.8 Å². The first-order valence-electron chi connectivity index (χ1n) is 9.50. The van der Waals surface area contributed by atoms with Gasteiger partial charge in [0.15, 0.2) is 0 Å². The number of nitrogens with zero attached hydrogens (tertiary/aromatic N) is 3. The summed E-state index contributed by atoms with van der Waals surface area (Å²) in [5.41, 5.74) is 5.69. The van der Waals surface area contributed by atoms with E-state index in [9.17, 15) is 0 Å². The van der Waals surface area contributed by atoms with Crippen LogP contribution in [-0.2, 0) is 0 Å². The van der Waals surface area contributed by atoms with Crippen molar-refractivity contribution in [3.8, 4) is 11.3 Å². The van der Waals surface area contributed by atoms with E-state index in [1.165, 1.54) is 48.9 Å². The van der Waals surface area contributed by atoms with Crippen LogP contribution in [-0.4, -0.2) is 26.1 Å². The minimum Gasteiger partial charge on any atom is -0.387 e. The van der Waals surface area contributed by atoms with Crippen LogP contribution >= 0.6 is 0 Å². The molecular weight excluding hydrogens is 322 g/mol. The third-order valence-corrected chi connectivity index (χ3v) is 5.59. The standard InChI is InChI=1S/C21H23N5/c1-2-6-16(7-3-1)26-14-25-19(15-5-4-10-22-13-15)20(26)17-8-11-23-21-18(17)9-12-24-21/h4-5,8-12,14,16,22H,1-3,6-7,13H2,(H,23,24). The molecule has 0 spiro atoms. The van der Waals surface area contributed by atoms with Crippen LogP contribution < -0.4 is 5.32 Å². The Morgan fingerprint density at radius 3 is 2.85 bits per heavy atom. The van der Waals surface area contributed by atoms with E-state index in [4.69, 9.17) is 4.98 Å². The van der Waals surface area contributed by atoms with Crippen molar-refractivity contribution in [2.24, 2.45) is 0 Å². The highest BCUT2D eigenvalue weighted by Crippen LogP contribution is 2.38. The second-order valence-electron chi connectivity index (χ2n) is 7.17. The SMILES string of the molecule is C1=CNCC(c2ncn(C3CCCCC3)c2-c2ccnc3[nH]ccc23)=C1. The van der Waals surface area contributed by atoms with E-state index >= 15 is 0 Å². The molecule has 5 heteroatoms. The predicted octanol–water partition coefficient (Wildman–Crippen LogP) is 4.43. The number of allylic oxidation sites excluding steroid dienone is 2. The Hall–Kier alpha value is -2.82. The van der Waals surface area contributed by atoms with E-state index in [1.807, 2.05) is 18.6 Å². The summed E-state index contributed by atoms with van der Waals surface area (Å²) in [4.78, 5) is 12.6. The first-order chi connectivity index (χ1) is 12.9. The Kier molecular flexibility index (Phi) is 3.85. The van der Waals surface area contributed by atoms with Crippen molar-refractivity contribution in [1.29, 1.82) is 0 Å². The van der Waals surface area contributed by atoms with Gasteiger partial charge in [0.25, 0.3) is 0 Å². The van der Waals surface area contributed by atoms with Gasteiger partial charge in [-0.15, -0.1) is 0 Å². The number of fused-ring (bicyclic) bond motifs is 1. The molecule has 0 aromatic carbocycles. The van der Waals surface area contributed by atoms with Gasteiger partial charge < -0.3 is 14.9 Å². The summed E-state index contributed by atoms with van der Waals surface area (Å²) in [6.07, 6.45) is 18.6. The van der Waals surface area contributed by atoms with E-state index in [2.05, 4.69) is 50.5 Å². The van der Waals surface area contributed by atoms with Crippen molar-refractivity contribution < 1.29 is 0 Å². The predicted molar refractivity (Wildman–Crippen MR) is 105 cm³/mol. The van der Waals surface area contributed by atoms with Crippen LogP contribution in [0.3, 0.4) is 0 Å². The summed E-state index contributed by atoms with van der Waals surface area (Å²) >= 11 is 0. The normalized spacial score (nSPS) is 18.1. The molecule has 0 saturated heterocycles. The van der Waals surface area contributed by atoms with Gasteiger partial charge >= 0.3 is 0 Å². The molecule has 0 unspecified atom stereocenters. The molecule has 1 aliphatic carbocycles. The molecule has 1 aliphatic heterocycles. The van der Waals surface area contributed by atoms with Crippen LogP contribution in [0.5, 0.6) is 0 Å². The minimum atomic E-state index is 0.537. The summed E-state index contributed by atoms with van der Waals surface area (Å²) < 4.78 is 2.43. The van der Waals surface area contributed by atoms with Gasteiger partial charge in [-0.3, -0.25) is 0 Å². The minimum absolute atomic E-state index is 0.537. The van der Waals surface area contributed by atoms with E-state index in [1.54, 1.807) is 0 Å². The third-order valence-electron chi connectivity index (χ3n) is 5.59. The zero-order chi connectivity index (χ0) is 17.3. The molecule has 5 nitrogen and oxygen atoms in total. The maximum Gasteiger partial charge on any atom is 0.137 e. The van der Waals surface area contributed by atoms with Gasteiger partial charge in [-0.1, -0.05) is 25.3 Å². The zero-order valence-electron chi connectivity index (χ0n) is 14.8. The van der Waals surface area contributed by atoms with E-state index in [0.29, 0.717) is 6.04 Å². The Morgan fingerprint density at radius 1 is 1.08 bits per heavy atom. The molecule has 4 heterocycles. The fraction of sp³-hybridized carbons (Fsp3) is 0.333. The van der Waals surface area contributed by atoms with Gasteiger partial charge in [0.1, 0.15) is 5.65 Å². The van der Waals surface area contributed by atoms with Crippen molar-refractivity contribution in [1.82, 2.24) is 24.8 Å². The number of pyridine rings is 1. The molecule has 0 amide bonds. The summed E-state index contributed by atoms with van der Waals surface area (Å²) in [5, 5.41) is 4.47. The Bertz CT molecular complexity index is 985. The van der Waals surface area contributed by atoms with Gasteiger partial charge in [0.05, 0.1) is 17.7 Å². The molecular formula is C21H23N5. The molecule has 0 bridgehead atoms. The molecule has 0 atom stereocenters. The number of nitrogens with one attached hydrogen (secondary N) is 2. The van der Waals surface area contributed by atoms with Crippen LogP contribution in [0.15, 0.2) is 49.2 Å². The van der Waals surface area contributed by atoms with Crippen LogP contribution in [0.2, 0.25) is 0 Å². The molecule has 0 radical (unpaired) electrons. The smallest absolute Gasteiger partial charge is 0.137 e. The van der Waals surface area contributed by atoms with Crippen LogP contribution in [0.4, 0.5) is 0 Å². The topological polar surface area (TPSA) is 58.5 Å². The molecule has 2 aliphatic rings. The number of imidazole rings is 1. The van der Waals surface area contributed by atoms with Crippen LogP contribution in [0, 0.1) is 0 Å². The Balaban J connectivity index is 1.72. The first kappa shape index (κ1) is 15.4. The molecule has 2 N–H and O–H groups in total. The summed E-state index contributed by atoms with van der Waals surface area (Å²) in [6.45, 7) is 0.812. The maximum absolute atomic E-state index is 4.87. The maximum atomic E-state index is 4.87. The van der Waals surface area contributed by atoms with Gasteiger partial charge in [0.2, 0.25) is 0 Å². The zero-order valence-corrected chi connectivity index (χ0v) is 14.8. The van der Waals surface area contributed by atoms with E-state index in [0.717, 1.165) is 23.3 Å². The van der Waals surface area contributed by atoms with Crippen LogP contribution in [0.25, 0.3) is 27.9 Å². The third kappa shape index (κ3) is 2.55. The number of aromatic nitrogens is 4. The molecule has 26 heavy (non-hydrogen) atoms. The summed E-state index contributed by atoms with van der Waals surface area (Å²) in [5.74, 6) is 0. The van der Waals surface area contributed by atoms with Crippen LogP contribution in [0.1, 0.15) is 43.8 Å². The average molecular weight is 345 g/mol. The molecule has 132 valence electrons. The molecule has 3 aromatic rings. The molecule has 5 rings (SSSR count).